The van der Waals surface area contributed by atoms with Gasteiger partial charge in [-0.2, -0.15) is 0 Å². The quantitative estimate of drug-likeness (QED) is 0.422. The molecular formula is C31H54O2. The van der Waals surface area contributed by atoms with Crippen molar-refractivity contribution in [3.63, 3.8) is 0 Å². The van der Waals surface area contributed by atoms with Gasteiger partial charge in [0.15, 0.2) is 0 Å². The molecule has 0 aromatic heterocycles. The summed E-state index contributed by atoms with van der Waals surface area (Å²) in [7, 11) is 0. The van der Waals surface area contributed by atoms with Gasteiger partial charge in [0.25, 0.3) is 0 Å². The van der Waals surface area contributed by atoms with Crippen LogP contribution in [0.1, 0.15) is 120 Å². The third kappa shape index (κ3) is 3.62. The number of allylic oxidation sites excluding steroid dienone is 2. The molecule has 4 unspecified atom stereocenters. The Labute approximate surface area is 205 Å². The topological polar surface area (TPSA) is 40.5 Å². The summed E-state index contributed by atoms with van der Waals surface area (Å²) in [5.74, 6) is 2.13. The number of fused-ring (bicyclic) bond motifs is 5. The third-order valence-corrected chi connectivity index (χ3v) is 12.7. The lowest BCUT2D eigenvalue weighted by Crippen LogP contribution is -2.66. The molecule has 0 spiro atoms. The van der Waals surface area contributed by atoms with Crippen LogP contribution in [0, 0.1) is 50.7 Å². The Morgan fingerprint density at radius 2 is 1.52 bits per heavy atom. The molecule has 0 amide bonds. The Kier molecular flexibility index (Phi) is 6.31. The summed E-state index contributed by atoms with van der Waals surface area (Å²) in [5.41, 5.74) is 2.37. The second kappa shape index (κ2) is 8.09. The maximum atomic E-state index is 11.9. The van der Waals surface area contributed by atoms with Crippen LogP contribution >= 0.6 is 0 Å². The molecule has 4 fully saturated rings. The van der Waals surface area contributed by atoms with Crippen LogP contribution in [0.15, 0.2) is 11.6 Å². The first-order valence-corrected chi connectivity index (χ1v) is 14.1. The summed E-state index contributed by atoms with van der Waals surface area (Å²) in [6.45, 7) is 21.7. The molecule has 33 heavy (non-hydrogen) atoms. The van der Waals surface area contributed by atoms with Crippen molar-refractivity contribution in [3.05, 3.63) is 11.6 Å². The van der Waals surface area contributed by atoms with E-state index in [9.17, 15) is 10.2 Å². The Balaban J connectivity index is 1.66. The third-order valence-electron chi connectivity index (χ3n) is 12.7. The summed E-state index contributed by atoms with van der Waals surface area (Å²) in [6, 6.07) is 0. The van der Waals surface area contributed by atoms with E-state index in [0.29, 0.717) is 23.7 Å². The van der Waals surface area contributed by atoms with E-state index in [2.05, 4.69) is 68.4 Å². The lowest BCUT2D eigenvalue weighted by molar-refractivity contribution is -0.244. The Morgan fingerprint density at radius 1 is 0.879 bits per heavy atom. The normalized spacial score (nSPS) is 49.1. The van der Waals surface area contributed by atoms with E-state index in [4.69, 9.17) is 0 Å². The Morgan fingerprint density at radius 3 is 2.15 bits per heavy atom. The maximum Gasteiger partial charge on any atom is 0.0594 e. The van der Waals surface area contributed by atoms with Crippen molar-refractivity contribution in [2.45, 2.75) is 132 Å². The number of hydrogen-bond acceptors (Lipinski definition) is 2. The van der Waals surface area contributed by atoms with Gasteiger partial charge in [-0.1, -0.05) is 60.1 Å². The summed E-state index contributed by atoms with van der Waals surface area (Å²) in [4.78, 5) is 0. The summed E-state index contributed by atoms with van der Waals surface area (Å²) < 4.78 is 0. The molecule has 0 saturated heterocycles. The Hall–Kier alpha value is -0.340. The first kappa shape index (κ1) is 25.7. The molecule has 4 rings (SSSR count). The number of rotatable bonds is 4. The predicted octanol–water partition coefficient (Wildman–Crippen LogP) is 7.78. The molecule has 2 N–H and O–H groups in total. The van der Waals surface area contributed by atoms with Crippen molar-refractivity contribution in [1.29, 1.82) is 0 Å². The molecule has 0 bridgehead atoms. The van der Waals surface area contributed by atoms with E-state index in [-0.39, 0.29) is 39.3 Å². The minimum Gasteiger partial charge on any atom is -0.393 e. The van der Waals surface area contributed by atoms with Crippen LogP contribution in [0.3, 0.4) is 0 Å². The molecule has 4 aliphatic carbocycles. The monoisotopic (exact) mass is 458 g/mol. The van der Waals surface area contributed by atoms with Gasteiger partial charge in [0.05, 0.1) is 12.2 Å². The average molecular weight is 459 g/mol. The first-order valence-electron chi connectivity index (χ1n) is 14.1. The molecular weight excluding hydrogens is 404 g/mol. The maximum absolute atomic E-state index is 11.9. The average Bonchev–Trinajstić information content (AvgIpc) is 3.08. The van der Waals surface area contributed by atoms with Gasteiger partial charge in [-0.3, -0.25) is 0 Å². The molecule has 0 heterocycles. The lowest BCUT2D eigenvalue weighted by atomic mass is 9.35. The van der Waals surface area contributed by atoms with Gasteiger partial charge in [0, 0.05) is 0 Å². The SMILES string of the molecule is CC(C)=CCCC(C)(C)C1CC[C@]2(C)C1[C@H](O)CC1[C@@]3(C)CC[C@H](O)C(C)(C)C3CC[C@]12C. The summed E-state index contributed by atoms with van der Waals surface area (Å²) >= 11 is 0. The van der Waals surface area contributed by atoms with Crippen LogP contribution in [0.25, 0.3) is 0 Å². The number of hydrogen-bond donors (Lipinski definition) is 2. The predicted molar refractivity (Wildman–Crippen MR) is 139 cm³/mol. The van der Waals surface area contributed by atoms with Crippen LogP contribution in [0.5, 0.6) is 0 Å². The first-order chi connectivity index (χ1) is 15.1. The summed E-state index contributed by atoms with van der Waals surface area (Å²) in [6.07, 6.45) is 12.4. The highest BCUT2D eigenvalue weighted by atomic mass is 16.3. The van der Waals surface area contributed by atoms with E-state index in [1.165, 1.54) is 37.7 Å². The van der Waals surface area contributed by atoms with Crippen LogP contribution < -0.4 is 0 Å². The van der Waals surface area contributed by atoms with Gasteiger partial charge in [-0.05, 0) is 122 Å². The van der Waals surface area contributed by atoms with Crippen molar-refractivity contribution in [2.24, 2.45) is 50.7 Å². The molecule has 0 aromatic rings. The van der Waals surface area contributed by atoms with Gasteiger partial charge < -0.3 is 10.2 Å². The van der Waals surface area contributed by atoms with E-state index in [1.54, 1.807) is 0 Å². The van der Waals surface area contributed by atoms with Crippen LogP contribution in [-0.4, -0.2) is 22.4 Å². The zero-order chi connectivity index (χ0) is 24.6. The van der Waals surface area contributed by atoms with Crippen molar-refractivity contribution in [3.8, 4) is 0 Å². The van der Waals surface area contributed by atoms with E-state index < -0.39 is 0 Å². The van der Waals surface area contributed by atoms with Crippen molar-refractivity contribution in [1.82, 2.24) is 0 Å². The van der Waals surface area contributed by atoms with Gasteiger partial charge in [-0.25, -0.2) is 0 Å². The fourth-order valence-corrected chi connectivity index (χ4v) is 10.5. The standard InChI is InChI=1S/C31H54O2/c1-20(2)11-10-15-27(3,4)21-12-17-31(9)26(21)22(32)19-24-29(7)16-14-25(33)28(5,6)23(29)13-18-30(24,31)8/h11,21-26,32-33H,10,12-19H2,1-9H3/t21?,22-,23?,24?,25+,26?,29+,30-,31-/m1/s1. The second-order valence-corrected chi connectivity index (χ2v) is 15.1. The van der Waals surface area contributed by atoms with Crippen LogP contribution in [0.2, 0.25) is 0 Å². The molecule has 0 aromatic carbocycles. The highest BCUT2D eigenvalue weighted by Gasteiger charge is 2.70. The zero-order valence-corrected chi connectivity index (χ0v) is 23.3. The van der Waals surface area contributed by atoms with E-state index in [1.807, 2.05) is 0 Å². The zero-order valence-electron chi connectivity index (χ0n) is 23.3. The fraction of sp³-hybridized carbons (Fsp3) is 0.935. The molecule has 9 atom stereocenters. The molecule has 4 aliphatic rings. The molecule has 2 nitrogen and oxygen atoms in total. The van der Waals surface area contributed by atoms with Crippen molar-refractivity contribution < 1.29 is 10.2 Å². The Bertz CT molecular complexity index is 776. The molecule has 0 aliphatic heterocycles. The number of aliphatic hydroxyl groups excluding tert-OH is 2. The van der Waals surface area contributed by atoms with Gasteiger partial charge in [0.2, 0.25) is 0 Å². The van der Waals surface area contributed by atoms with Gasteiger partial charge in [-0.15, -0.1) is 0 Å². The summed E-state index contributed by atoms with van der Waals surface area (Å²) in [5, 5.41) is 22.8. The highest BCUT2D eigenvalue weighted by Crippen LogP contribution is 2.76. The van der Waals surface area contributed by atoms with Gasteiger partial charge in [0.1, 0.15) is 0 Å². The molecule has 4 saturated carbocycles. The van der Waals surface area contributed by atoms with Crippen LogP contribution in [-0.2, 0) is 0 Å². The largest absolute Gasteiger partial charge is 0.393 e. The van der Waals surface area contributed by atoms with E-state index >= 15 is 0 Å². The molecule has 2 heteroatoms. The lowest BCUT2D eigenvalue weighted by Gasteiger charge is -2.70. The van der Waals surface area contributed by atoms with Crippen molar-refractivity contribution >= 4 is 0 Å². The van der Waals surface area contributed by atoms with Crippen LogP contribution in [0.4, 0.5) is 0 Å². The van der Waals surface area contributed by atoms with Crippen molar-refractivity contribution in [2.75, 3.05) is 0 Å². The fourth-order valence-electron chi connectivity index (χ4n) is 10.5. The molecule has 0 radical (unpaired) electrons. The number of aliphatic hydroxyl groups is 2. The smallest absolute Gasteiger partial charge is 0.0594 e. The highest BCUT2D eigenvalue weighted by molar-refractivity contribution is 5.19. The van der Waals surface area contributed by atoms with E-state index in [0.717, 1.165) is 25.7 Å². The van der Waals surface area contributed by atoms with Gasteiger partial charge >= 0.3 is 0 Å². The minimum atomic E-state index is -0.186. The minimum absolute atomic E-state index is 0.0256. The molecule has 190 valence electrons. The second-order valence-electron chi connectivity index (χ2n) is 15.1.